The summed E-state index contributed by atoms with van der Waals surface area (Å²) in [4.78, 5) is 3.95. The highest BCUT2D eigenvalue weighted by atomic mass is 15.3. The van der Waals surface area contributed by atoms with Crippen LogP contribution in [0.5, 0.6) is 0 Å². The molecule has 2 aromatic heterocycles. The number of nitrogen functional groups attached to an aromatic ring is 1. The average molecular weight is 214 g/mol. The maximum Gasteiger partial charge on any atom is 0.238 e. The predicted octanol–water partition coefficient (Wildman–Crippen LogP) is 2.29. The number of nitrogens with zero attached hydrogens (tertiary/aromatic N) is 3. The van der Waals surface area contributed by atoms with Gasteiger partial charge in [0.2, 0.25) is 5.95 Å². The number of fused-ring (bicyclic) bond motifs is 1. The van der Waals surface area contributed by atoms with E-state index in [9.17, 15) is 0 Å². The standard InChI is InChI=1S/C12H14N4/c1-3-4-5-9(2)11-7-6-10-8-14-12(13)15-16(10)11/h3-8H,1-2H3,(H2,13,15)/b4-3+,9-5+. The van der Waals surface area contributed by atoms with Gasteiger partial charge in [-0.05, 0) is 31.6 Å². The Hall–Kier alpha value is -2.10. The summed E-state index contributed by atoms with van der Waals surface area (Å²) in [6, 6.07) is 3.99. The Morgan fingerprint density at radius 3 is 3.00 bits per heavy atom. The topological polar surface area (TPSA) is 56.2 Å². The van der Waals surface area contributed by atoms with Gasteiger partial charge >= 0.3 is 0 Å². The van der Waals surface area contributed by atoms with Gasteiger partial charge in [0.15, 0.2) is 0 Å². The summed E-state index contributed by atoms with van der Waals surface area (Å²) in [6.45, 7) is 4.03. The van der Waals surface area contributed by atoms with E-state index in [-0.39, 0.29) is 5.95 Å². The molecular formula is C12H14N4. The minimum absolute atomic E-state index is 0.281. The van der Waals surface area contributed by atoms with Gasteiger partial charge < -0.3 is 5.73 Å². The van der Waals surface area contributed by atoms with Crippen molar-refractivity contribution in [3.63, 3.8) is 0 Å². The summed E-state index contributed by atoms with van der Waals surface area (Å²) in [6.07, 6.45) is 7.75. The second-order valence-corrected chi connectivity index (χ2v) is 3.55. The smallest absolute Gasteiger partial charge is 0.238 e. The van der Waals surface area contributed by atoms with E-state index in [1.165, 1.54) is 0 Å². The summed E-state index contributed by atoms with van der Waals surface area (Å²) >= 11 is 0. The van der Waals surface area contributed by atoms with Crippen molar-refractivity contribution in [2.75, 3.05) is 5.73 Å². The normalized spacial score (nSPS) is 12.8. The molecule has 2 aromatic rings. The monoisotopic (exact) mass is 214 g/mol. The minimum atomic E-state index is 0.281. The van der Waals surface area contributed by atoms with Crippen LogP contribution in [0.4, 0.5) is 5.95 Å². The molecule has 82 valence electrons. The van der Waals surface area contributed by atoms with Crippen LogP contribution in [0.25, 0.3) is 11.1 Å². The molecule has 0 bridgehead atoms. The third kappa shape index (κ3) is 1.82. The molecule has 4 heteroatoms. The van der Waals surface area contributed by atoms with Crippen LogP contribution in [0.15, 0.2) is 36.6 Å². The van der Waals surface area contributed by atoms with Crippen molar-refractivity contribution < 1.29 is 0 Å². The first kappa shape index (κ1) is 10.4. The summed E-state index contributed by atoms with van der Waals surface area (Å²) < 4.78 is 1.80. The van der Waals surface area contributed by atoms with Gasteiger partial charge in [0.05, 0.1) is 17.4 Å². The van der Waals surface area contributed by atoms with Crippen LogP contribution in [0.2, 0.25) is 0 Å². The van der Waals surface area contributed by atoms with E-state index < -0.39 is 0 Å². The van der Waals surface area contributed by atoms with E-state index in [4.69, 9.17) is 5.73 Å². The largest absolute Gasteiger partial charge is 0.367 e. The van der Waals surface area contributed by atoms with Crippen molar-refractivity contribution in [1.29, 1.82) is 0 Å². The van der Waals surface area contributed by atoms with Crippen LogP contribution in [0, 0.1) is 0 Å². The molecule has 0 aromatic carbocycles. The number of allylic oxidation sites excluding steroid dienone is 4. The van der Waals surface area contributed by atoms with Crippen LogP contribution >= 0.6 is 0 Å². The van der Waals surface area contributed by atoms with Crippen LogP contribution in [0.1, 0.15) is 19.5 Å². The average Bonchev–Trinajstić information content (AvgIpc) is 2.68. The Balaban J connectivity index is 2.56. The van der Waals surface area contributed by atoms with E-state index in [2.05, 4.69) is 10.1 Å². The van der Waals surface area contributed by atoms with Crippen LogP contribution in [-0.4, -0.2) is 14.6 Å². The lowest BCUT2D eigenvalue weighted by molar-refractivity contribution is 0.903. The van der Waals surface area contributed by atoms with E-state index in [1.54, 1.807) is 10.7 Å². The Morgan fingerprint density at radius 2 is 2.25 bits per heavy atom. The molecular weight excluding hydrogens is 200 g/mol. The fourth-order valence-electron chi connectivity index (χ4n) is 1.54. The Labute approximate surface area is 94.1 Å². The van der Waals surface area contributed by atoms with Gasteiger partial charge in [0.1, 0.15) is 0 Å². The summed E-state index contributed by atoms with van der Waals surface area (Å²) in [5.74, 6) is 0.281. The molecule has 2 heterocycles. The lowest BCUT2D eigenvalue weighted by Crippen LogP contribution is -2.02. The third-order valence-corrected chi connectivity index (χ3v) is 2.36. The van der Waals surface area contributed by atoms with Crippen molar-refractivity contribution in [3.8, 4) is 0 Å². The van der Waals surface area contributed by atoms with Gasteiger partial charge in [-0.15, -0.1) is 5.10 Å². The first-order valence-electron chi connectivity index (χ1n) is 5.12. The molecule has 16 heavy (non-hydrogen) atoms. The fourth-order valence-corrected chi connectivity index (χ4v) is 1.54. The van der Waals surface area contributed by atoms with Gasteiger partial charge in [-0.2, -0.15) is 0 Å². The fraction of sp³-hybridized carbons (Fsp3) is 0.167. The molecule has 0 aliphatic heterocycles. The highest BCUT2D eigenvalue weighted by Gasteiger charge is 2.04. The molecule has 0 aliphatic carbocycles. The minimum Gasteiger partial charge on any atom is -0.367 e. The Bertz CT molecular complexity index is 563. The Kier molecular flexibility index (Phi) is 2.72. The van der Waals surface area contributed by atoms with Crippen molar-refractivity contribution in [1.82, 2.24) is 14.6 Å². The van der Waals surface area contributed by atoms with Crippen LogP contribution in [-0.2, 0) is 0 Å². The summed E-state index contributed by atoms with van der Waals surface area (Å²) in [5, 5.41) is 4.18. The molecule has 0 unspecified atom stereocenters. The number of anilines is 1. The lowest BCUT2D eigenvalue weighted by Gasteiger charge is -2.01. The second-order valence-electron chi connectivity index (χ2n) is 3.55. The van der Waals surface area contributed by atoms with Gasteiger partial charge in [0.25, 0.3) is 0 Å². The van der Waals surface area contributed by atoms with E-state index in [1.807, 2.05) is 44.2 Å². The Morgan fingerprint density at radius 1 is 1.44 bits per heavy atom. The molecule has 0 amide bonds. The van der Waals surface area contributed by atoms with Gasteiger partial charge in [-0.1, -0.05) is 18.2 Å². The SMILES string of the molecule is C/C=C/C=C(\C)c1ccc2cnc(N)nn12. The number of nitrogens with two attached hydrogens (primary N) is 1. The molecule has 2 N–H and O–H groups in total. The quantitative estimate of drug-likeness (QED) is 0.780. The molecule has 0 radical (unpaired) electrons. The predicted molar refractivity (Wildman–Crippen MR) is 65.9 cm³/mol. The van der Waals surface area contributed by atoms with Crippen LogP contribution < -0.4 is 5.73 Å². The zero-order valence-corrected chi connectivity index (χ0v) is 9.38. The molecule has 4 nitrogen and oxygen atoms in total. The lowest BCUT2D eigenvalue weighted by atomic mass is 10.2. The maximum absolute atomic E-state index is 5.58. The van der Waals surface area contributed by atoms with Crippen molar-refractivity contribution >= 4 is 17.0 Å². The van der Waals surface area contributed by atoms with Crippen molar-refractivity contribution in [3.05, 3.63) is 42.3 Å². The molecule has 2 rings (SSSR count). The van der Waals surface area contributed by atoms with E-state index in [0.717, 1.165) is 16.8 Å². The van der Waals surface area contributed by atoms with Crippen LogP contribution in [0.3, 0.4) is 0 Å². The number of aromatic nitrogens is 3. The second kappa shape index (κ2) is 4.18. The first-order valence-corrected chi connectivity index (χ1v) is 5.12. The third-order valence-electron chi connectivity index (χ3n) is 2.36. The number of hydrogen-bond acceptors (Lipinski definition) is 3. The summed E-state index contributed by atoms with van der Waals surface area (Å²) in [5.41, 5.74) is 8.68. The summed E-state index contributed by atoms with van der Waals surface area (Å²) in [7, 11) is 0. The molecule has 0 fully saturated rings. The van der Waals surface area contributed by atoms with Gasteiger partial charge in [-0.3, -0.25) is 0 Å². The number of rotatable bonds is 2. The van der Waals surface area contributed by atoms with Crippen molar-refractivity contribution in [2.24, 2.45) is 0 Å². The highest BCUT2D eigenvalue weighted by molar-refractivity contribution is 5.67. The zero-order valence-electron chi connectivity index (χ0n) is 9.38. The molecule has 0 atom stereocenters. The number of hydrogen-bond donors (Lipinski definition) is 1. The molecule has 0 aliphatic rings. The first-order chi connectivity index (χ1) is 7.72. The molecule has 0 spiro atoms. The molecule has 0 saturated carbocycles. The van der Waals surface area contributed by atoms with Crippen molar-refractivity contribution in [2.45, 2.75) is 13.8 Å². The van der Waals surface area contributed by atoms with Gasteiger partial charge in [0, 0.05) is 0 Å². The maximum atomic E-state index is 5.58. The highest BCUT2D eigenvalue weighted by Crippen LogP contribution is 2.17. The molecule has 0 saturated heterocycles. The van der Waals surface area contributed by atoms with E-state index in [0.29, 0.717) is 0 Å². The zero-order chi connectivity index (χ0) is 11.5. The van der Waals surface area contributed by atoms with Gasteiger partial charge in [-0.25, -0.2) is 9.50 Å². The van der Waals surface area contributed by atoms with E-state index >= 15 is 0 Å².